The first-order valence-electron chi connectivity index (χ1n) is 12.6. The van der Waals surface area contributed by atoms with Crippen molar-refractivity contribution in [3.63, 3.8) is 0 Å². The first kappa shape index (κ1) is 25.4. The fourth-order valence-corrected chi connectivity index (χ4v) is 7.67. The number of nitrogens with zero attached hydrogens (tertiary/aromatic N) is 2. The number of thiophene rings is 1. The number of aliphatic hydroxyl groups is 1. The van der Waals surface area contributed by atoms with Gasteiger partial charge in [-0.3, -0.25) is 4.90 Å². The van der Waals surface area contributed by atoms with Gasteiger partial charge in [-0.15, -0.1) is 11.3 Å². The third kappa shape index (κ3) is 5.98. The quantitative estimate of drug-likeness (QED) is 0.392. The number of hydrogen-bond acceptors (Lipinski definition) is 7. The largest absolute Gasteiger partial charge is 0.392 e. The third-order valence-corrected chi connectivity index (χ3v) is 9.65. The van der Waals surface area contributed by atoms with Gasteiger partial charge in [-0.1, -0.05) is 30.3 Å². The summed E-state index contributed by atoms with van der Waals surface area (Å²) in [5.74, 6) is 0.347. The summed E-state index contributed by atoms with van der Waals surface area (Å²) in [6.45, 7) is 3.97. The van der Waals surface area contributed by atoms with Gasteiger partial charge in [-0.05, 0) is 67.9 Å². The topological polar surface area (TPSA) is 94.6 Å². The van der Waals surface area contributed by atoms with Gasteiger partial charge in [-0.2, -0.15) is 0 Å². The highest BCUT2D eigenvalue weighted by molar-refractivity contribution is 7.89. The average Bonchev–Trinajstić information content (AvgIpc) is 3.45. The van der Waals surface area contributed by atoms with E-state index in [9.17, 15) is 13.5 Å². The Morgan fingerprint density at radius 3 is 2.78 bits per heavy atom. The van der Waals surface area contributed by atoms with Crippen LogP contribution in [0.1, 0.15) is 45.7 Å². The second-order valence-electron chi connectivity index (χ2n) is 9.89. The number of hydrogen-bond donors (Lipinski definition) is 3. The summed E-state index contributed by atoms with van der Waals surface area (Å²) in [7, 11) is -3.76. The van der Waals surface area contributed by atoms with Gasteiger partial charge in [0.05, 0.1) is 6.10 Å². The molecule has 1 saturated heterocycles. The number of sulfonamides is 1. The summed E-state index contributed by atoms with van der Waals surface area (Å²) in [5, 5.41) is 13.6. The maximum atomic E-state index is 13.3. The molecule has 0 bridgehead atoms. The molecule has 2 aromatic heterocycles. The molecule has 2 atom stereocenters. The number of nitrogens with one attached hydrogen (secondary N) is 2. The Labute approximate surface area is 217 Å². The van der Waals surface area contributed by atoms with E-state index in [2.05, 4.69) is 38.1 Å². The second kappa shape index (κ2) is 11.0. The predicted molar refractivity (Wildman–Crippen MR) is 144 cm³/mol. The number of aliphatic hydroxyl groups excluding tert-OH is 1. The van der Waals surface area contributed by atoms with Gasteiger partial charge in [0, 0.05) is 48.2 Å². The van der Waals surface area contributed by atoms with E-state index in [0.717, 1.165) is 29.8 Å². The first-order valence-corrected chi connectivity index (χ1v) is 14.9. The van der Waals surface area contributed by atoms with Crippen LogP contribution in [-0.2, 0) is 36.0 Å². The highest BCUT2D eigenvalue weighted by Gasteiger charge is 2.31. The van der Waals surface area contributed by atoms with Gasteiger partial charge in [0.25, 0.3) is 0 Å². The van der Waals surface area contributed by atoms with Crippen molar-refractivity contribution in [2.45, 2.75) is 69.2 Å². The molecule has 3 heterocycles. The van der Waals surface area contributed by atoms with Gasteiger partial charge in [0.15, 0.2) is 0 Å². The number of anilines is 1. The van der Waals surface area contributed by atoms with Crippen molar-refractivity contribution in [1.29, 1.82) is 0 Å². The van der Waals surface area contributed by atoms with Crippen LogP contribution in [0.25, 0.3) is 0 Å². The molecule has 0 unspecified atom stereocenters. The van der Waals surface area contributed by atoms with Crippen molar-refractivity contribution in [1.82, 2.24) is 14.6 Å². The molecule has 0 amide bonds. The lowest BCUT2D eigenvalue weighted by Crippen LogP contribution is -2.35. The Hall–Kier alpha value is -2.30. The number of fused-ring (bicyclic) bond motifs is 1. The van der Waals surface area contributed by atoms with Crippen molar-refractivity contribution < 1.29 is 13.5 Å². The zero-order chi connectivity index (χ0) is 25.1. The first-order chi connectivity index (χ1) is 17.4. The lowest BCUT2D eigenvalue weighted by atomic mass is 9.99. The summed E-state index contributed by atoms with van der Waals surface area (Å²) in [4.78, 5) is 9.29. The lowest BCUT2D eigenvalue weighted by molar-refractivity contribution is 0.173. The third-order valence-electron chi connectivity index (χ3n) is 7.00. The van der Waals surface area contributed by atoms with Crippen LogP contribution in [0.3, 0.4) is 0 Å². The smallest absolute Gasteiger partial charge is 0.244 e. The number of benzene rings is 1. The van der Waals surface area contributed by atoms with Crippen molar-refractivity contribution in [2.75, 3.05) is 18.4 Å². The molecule has 1 fully saturated rings. The van der Waals surface area contributed by atoms with E-state index in [1.807, 2.05) is 25.1 Å². The van der Waals surface area contributed by atoms with Crippen molar-refractivity contribution in [2.24, 2.45) is 0 Å². The number of aromatic nitrogens is 1. The molecule has 7 nitrogen and oxygen atoms in total. The van der Waals surface area contributed by atoms with Gasteiger partial charge < -0.3 is 10.4 Å². The number of rotatable bonds is 9. The molecule has 5 rings (SSSR count). The maximum Gasteiger partial charge on any atom is 0.244 e. The molecule has 1 aliphatic heterocycles. The molecule has 9 heteroatoms. The number of aryl methyl sites for hydroxylation is 3. The molecule has 0 saturated carbocycles. The van der Waals surface area contributed by atoms with E-state index in [1.165, 1.54) is 28.8 Å². The number of likely N-dealkylation sites (tertiary alicyclic amines) is 1. The molecule has 3 aromatic rings. The van der Waals surface area contributed by atoms with Crippen molar-refractivity contribution in [3.8, 4) is 0 Å². The highest BCUT2D eigenvalue weighted by Crippen LogP contribution is 2.30. The maximum absolute atomic E-state index is 13.3. The van der Waals surface area contributed by atoms with Crippen LogP contribution in [0.15, 0.2) is 53.6 Å². The van der Waals surface area contributed by atoms with Crippen LogP contribution in [0, 0.1) is 6.92 Å². The Bertz CT molecular complexity index is 1270. The van der Waals surface area contributed by atoms with E-state index in [4.69, 9.17) is 0 Å². The van der Waals surface area contributed by atoms with Gasteiger partial charge in [0.1, 0.15) is 10.7 Å². The van der Waals surface area contributed by atoms with E-state index in [0.29, 0.717) is 25.3 Å². The van der Waals surface area contributed by atoms with Crippen LogP contribution in [-0.4, -0.2) is 48.6 Å². The molecule has 2 aliphatic rings. The second-order valence-corrected chi connectivity index (χ2v) is 12.8. The summed E-state index contributed by atoms with van der Waals surface area (Å²) < 4.78 is 29.5. The molecule has 192 valence electrons. The van der Waals surface area contributed by atoms with E-state index < -0.39 is 16.1 Å². The molecule has 1 aliphatic carbocycles. The Kier molecular flexibility index (Phi) is 7.73. The van der Waals surface area contributed by atoms with E-state index >= 15 is 0 Å². The minimum atomic E-state index is -3.76. The SMILES string of the molecule is Cc1cnc(NC[C@H]2C[C@@H](O)CN2Cc2ccccc2)c(S(=O)(=O)NCc2cc3c(s2)CCCC3)c1. The summed E-state index contributed by atoms with van der Waals surface area (Å²) in [6, 6.07) is 14.1. The number of pyridine rings is 1. The summed E-state index contributed by atoms with van der Waals surface area (Å²) in [6.07, 6.45) is 6.52. The molecular weight excluding hydrogens is 492 g/mol. The van der Waals surface area contributed by atoms with Crippen molar-refractivity contribution >= 4 is 27.2 Å². The zero-order valence-electron chi connectivity index (χ0n) is 20.6. The van der Waals surface area contributed by atoms with Crippen LogP contribution >= 0.6 is 11.3 Å². The van der Waals surface area contributed by atoms with Crippen LogP contribution in [0.2, 0.25) is 0 Å². The summed E-state index contributed by atoms with van der Waals surface area (Å²) in [5.41, 5.74) is 3.35. The standard InChI is InChI=1S/C27H34N4O3S2/c1-19-11-26(36(33,34)30-16-24-12-21-9-5-6-10-25(21)35-24)27(28-14-19)29-15-22-13-23(32)18-31(22)17-20-7-3-2-4-8-20/h2-4,7-8,11-12,14,22-23,30,32H,5-6,9-10,13,15-18H2,1H3,(H,28,29)/t22-,23-/m1/s1. The van der Waals surface area contributed by atoms with Crippen LogP contribution in [0.4, 0.5) is 5.82 Å². The van der Waals surface area contributed by atoms with E-state index in [-0.39, 0.29) is 17.5 Å². The van der Waals surface area contributed by atoms with Crippen LogP contribution < -0.4 is 10.0 Å². The Balaban J connectivity index is 1.27. The average molecular weight is 527 g/mol. The molecule has 0 spiro atoms. The fraction of sp³-hybridized carbons (Fsp3) is 0.444. The fourth-order valence-electron chi connectivity index (χ4n) is 5.16. The van der Waals surface area contributed by atoms with Gasteiger partial charge >= 0.3 is 0 Å². The van der Waals surface area contributed by atoms with Crippen LogP contribution in [0.5, 0.6) is 0 Å². The highest BCUT2D eigenvalue weighted by atomic mass is 32.2. The van der Waals surface area contributed by atoms with Gasteiger partial charge in [0.2, 0.25) is 10.0 Å². The lowest BCUT2D eigenvalue weighted by Gasteiger charge is -2.25. The molecule has 1 aromatic carbocycles. The predicted octanol–water partition coefficient (Wildman–Crippen LogP) is 3.86. The number of β-amino-alcohol motifs (C(OH)–C–C–N with tert-alkyl or cyclic N) is 1. The molecule has 3 N–H and O–H groups in total. The normalized spacial score (nSPS) is 20.4. The monoisotopic (exact) mass is 526 g/mol. The van der Waals surface area contributed by atoms with Crippen molar-refractivity contribution in [3.05, 3.63) is 75.1 Å². The molecular formula is C27H34N4O3S2. The minimum absolute atomic E-state index is 0.0734. The Morgan fingerprint density at radius 2 is 1.97 bits per heavy atom. The molecule has 36 heavy (non-hydrogen) atoms. The Morgan fingerprint density at radius 1 is 1.17 bits per heavy atom. The minimum Gasteiger partial charge on any atom is -0.392 e. The molecule has 0 radical (unpaired) electrons. The van der Waals surface area contributed by atoms with Gasteiger partial charge in [-0.25, -0.2) is 18.1 Å². The van der Waals surface area contributed by atoms with E-state index in [1.54, 1.807) is 23.6 Å². The summed E-state index contributed by atoms with van der Waals surface area (Å²) >= 11 is 1.72. The zero-order valence-corrected chi connectivity index (χ0v) is 22.2.